The molecular weight excluding hydrogens is 196 g/mol. The predicted octanol–water partition coefficient (Wildman–Crippen LogP) is -0.501. The van der Waals surface area contributed by atoms with Crippen LogP contribution in [0.2, 0.25) is 0 Å². The number of rotatable bonds is 3. The van der Waals surface area contributed by atoms with Crippen molar-refractivity contribution in [3.63, 3.8) is 0 Å². The molecule has 15 heavy (non-hydrogen) atoms. The van der Waals surface area contributed by atoms with Gasteiger partial charge in [0.05, 0.1) is 6.61 Å². The molecule has 0 aromatic rings. The predicted molar refractivity (Wildman–Crippen MR) is 52.9 cm³/mol. The van der Waals surface area contributed by atoms with Crippen LogP contribution in [0.4, 0.5) is 0 Å². The van der Waals surface area contributed by atoms with E-state index in [-0.39, 0.29) is 23.8 Å². The maximum atomic E-state index is 11.4. The smallest absolute Gasteiger partial charge is 0.229 e. The van der Waals surface area contributed by atoms with Crippen molar-refractivity contribution >= 4 is 11.8 Å². The number of ether oxygens (including phenoxy) is 1. The van der Waals surface area contributed by atoms with Gasteiger partial charge in [0.1, 0.15) is 0 Å². The zero-order chi connectivity index (χ0) is 10.8. The Balaban J connectivity index is 1.89. The Labute approximate surface area is 88.5 Å². The van der Waals surface area contributed by atoms with Crippen molar-refractivity contribution in [2.24, 2.45) is 11.7 Å². The van der Waals surface area contributed by atoms with Crippen molar-refractivity contribution in [1.82, 2.24) is 4.90 Å². The van der Waals surface area contributed by atoms with Crippen LogP contribution in [0.5, 0.6) is 0 Å². The molecule has 0 spiro atoms. The van der Waals surface area contributed by atoms with E-state index in [1.807, 2.05) is 0 Å². The molecule has 2 N–H and O–H groups in total. The Morgan fingerprint density at radius 2 is 2.07 bits per heavy atom. The van der Waals surface area contributed by atoms with E-state index in [9.17, 15) is 9.59 Å². The minimum Gasteiger partial charge on any atom is -0.381 e. The molecule has 2 saturated heterocycles. The summed E-state index contributed by atoms with van der Waals surface area (Å²) in [5.41, 5.74) is 5.96. The van der Waals surface area contributed by atoms with Crippen LogP contribution >= 0.6 is 0 Å². The first-order valence-corrected chi connectivity index (χ1v) is 5.35. The molecule has 0 radical (unpaired) electrons. The van der Waals surface area contributed by atoms with E-state index >= 15 is 0 Å². The van der Waals surface area contributed by atoms with Crippen LogP contribution in [-0.4, -0.2) is 42.5 Å². The fourth-order valence-corrected chi connectivity index (χ4v) is 2.08. The quantitative estimate of drug-likeness (QED) is 0.640. The van der Waals surface area contributed by atoms with Crippen LogP contribution in [0.25, 0.3) is 0 Å². The Morgan fingerprint density at radius 3 is 2.60 bits per heavy atom. The number of nitrogens with zero attached hydrogens (tertiary/aromatic N) is 1. The molecule has 2 fully saturated rings. The number of imide groups is 1. The average molecular weight is 212 g/mol. The minimum atomic E-state index is -0.140. The second-order valence-electron chi connectivity index (χ2n) is 4.19. The Hall–Kier alpha value is -0.940. The molecule has 2 atom stereocenters. The summed E-state index contributed by atoms with van der Waals surface area (Å²) in [5.74, 6) is 0.106. The molecule has 0 aromatic heterocycles. The summed E-state index contributed by atoms with van der Waals surface area (Å²) < 4.78 is 5.23. The molecule has 2 amide bonds. The number of amides is 2. The third kappa shape index (κ3) is 2.18. The third-order valence-electron chi connectivity index (χ3n) is 3.12. The summed E-state index contributed by atoms with van der Waals surface area (Å²) in [6.07, 6.45) is 1.61. The van der Waals surface area contributed by atoms with E-state index in [1.165, 1.54) is 4.90 Å². The molecule has 2 aliphatic heterocycles. The summed E-state index contributed by atoms with van der Waals surface area (Å²) >= 11 is 0. The second-order valence-corrected chi connectivity index (χ2v) is 4.19. The van der Waals surface area contributed by atoms with Crippen molar-refractivity contribution < 1.29 is 14.3 Å². The summed E-state index contributed by atoms with van der Waals surface area (Å²) in [4.78, 5) is 24.0. The molecule has 0 bridgehead atoms. The van der Waals surface area contributed by atoms with E-state index in [1.54, 1.807) is 0 Å². The van der Waals surface area contributed by atoms with Gasteiger partial charge in [-0.15, -0.1) is 0 Å². The number of likely N-dealkylation sites (tertiary alicyclic amines) is 1. The highest BCUT2D eigenvalue weighted by molar-refractivity contribution is 6.01. The van der Waals surface area contributed by atoms with Crippen molar-refractivity contribution in [1.29, 1.82) is 0 Å². The highest BCUT2D eigenvalue weighted by Gasteiger charge is 2.32. The SMILES string of the molecule is NC(CN1C(=O)CCC1=O)C1CCOC1. The maximum absolute atomic E-state index is 11.4. The molecule has 2 rings (SSSR count). The van der Waals surface area contributed by atoms with Crippen LogP contribution in [0.3, 0.4) is 0 Å². The standard InChI is InChI=1S/C10H16N2O3/c11-8(7-3-4-15-6-7)5-12-9(13)1-2-10(12)14/h7-8H,1-6,11H2. The molecular formula is C10H16N2O3. The van der Waals surface area contributed by atoms with Gasteiger partial charge in [0.2, 0.25) is 11.8 Å². The van der Waals surface area contributed by atoms with Gasteiger partial charge in [0.25, 0.3) is 0 Å². The Bertz CT molecular complexity index is 258. The first kappa shape index (κ1) is 10.6. The summed E-state index contributed by atoms with van der Waals surface area (Å²) in [6, 6.07) is -0.140. The van der Waals surface area contributed by atoms with Crippen molar-refractivity contribution in [3.8, 4) is 0 Å². The maximum Gasteiger partial charge on any atom is 0.229 e. The first-order chi connectivity index (χ1) is 7.18. The number of carbonyl (C=O) groups excluding carboxylic acids is 2. The number of hydrogen-bond donors (Lipinski definition) is 1. The molecule has 2 aliphatic rings. The van der Waals surface area contributed by atoms with Gasteiger partial charge in [-0.2, -0.15) is 0 Å². The second kappa shape index (κ2) is 4.28. The van der Waals surface area contributed by atoms with Gasteiger partial charge in [-0.25, -0.2) is 0 Å². The highest BCUT2D eigenvalue weighted by atomic mass is 16.5. The minimum absolute atomic E-state index is 0.0886. The lowest BCUT2D eigenvalue weighted by molar-refractivity contribution is -0.138. The van der Waals surface area contributed by atoms with E-state index < -0.39 is 0 Å². The lowest BCUT2D eigenvalue weighted by Crippen LogP contribution is -2.44. The fourth-order valence-electron chi connectivity index (χ4n) is 2.08. The highest BCUT2D eigenvalue weighted by Crippen LogP contribution is 2.18. The van der Waals surface area contributed by atoms with Gasteiger partial charge in [-0.3, -0.25) is 14.5 Å². The molecule has 0 saturated carbocycles. The summed E-state index contributed by atoms with van der Waals surface area (Å²) in [7, 11) is 0. The van der Waals surface area contributed by atoms with E-state index in [4.69, 9.17) is 10.5 Å². The molecule has 0 aromatic carbocycles. The molecule has 2 unspecified atom stereocenters. The van der Waals surface area contributed by atoms with Gasteiger partial charge < -0.3 is 10.5 Å². The van der Waals surface area contributed by atoms with Crippen LogP contribution in [0.15, 0.2) is 0 Å². The molecule has 84 valence electrons. The normalized spacial score (nSPS) is 28.9. The van der Waals surface area contributed by atoms with Gasteiger partial charge >= 0.3 is 0 Å². The molecule has 5 heteroatoms. The Kier molecular flexibility index (Phi) is 3.02. The molecule has 2 heterocycles. The Morgan fingerprint density at radius 1 is 1.40 bits per heavy atom. The largest absolute Gasteiger partial charge is 0.381 e. The summed E-state index contributed by atoms with van der Waals surface area (Å²) in [5, 5.41) is 0. The lowest BCUT2D eigenvalue weighted by atomic mass is 9.99. The van der Waals surface area contributed by atoms with Crippen LogP contribution < -0.4 is 5.73 Å². The lowest BCUT2D eigenvalue weighted by Gasteiger charge is -2.22. The van der Waals surface area contributed by atoms with Crippen molar-refractivity contribution in [3.05, 3.63) is 0 Å². The van der Waals surface area contributed by atoms with Gasteiger partial charge in [0.15, 0.2) is 0 Å². The van der Waals surface area contributed by atoms with Crippen molar-refractivity contribution in [2.45, 2.75) is 25.3 Å². The van der Waals surface area contributed by atoms with Gasteiger partial charge in [-0.05, 0) is 6.42 Å². The average Bonchev–Trinajstić information content (AvgIpc) is 2.82. The zero-order valence-electron chi connectivity index (χ0n) is 8.65. The van der Waals surface area contributed by atoms with Crippen LogP contribution in [0.1, 0.15) is 19.3 Å². The topological polar surface area (TPSA) is 72.6 Å². The van der Waals surface area contributed by atoms with E-state index in [2.05, 4.69) is 0 Å². The first-order valence-electron chi connectivity index (χ1n) is 5.35. The number of nitrogens with two attached hydrogens (primary N) is 1. The summed E-state index contributed by atoms with van der Waals surface area (Å²) in [6.45, 7) is 1.74. The number of hydrogen-bond acceptors (Lipinski definition) is 4. The third-order valence-corrected chi connectivity index (χ3v) is 3.12. The van der Waals surface area contributed by atoms with Crippen LogP contribution in [0, 0.1) is 5.92 Å². The van der Waals surface area contributed by atoms with Crippen molar-refractivity contribution in [2.75, 3.05) is 19.8 Å². The molecule has 0 aliphatic carbocycles. The monoisotopic (exact) mass is 212 g/mol. The number of carbonyl (C=O) groups is 2. The van der Waals surface area contributed by atoms with Gasteiger partial charge in [-0.1, -0.05) is 0 Å². The van der Waals surface area contributed by atoms with Crippen LogP contribution in [-0.2, 0) is 14.3 Å². The van der Waals surface area contributed by atoms with Gasteiger partial charge in [0, 0.05) is 38.0 Å². The molecule has 5 nitrogen and oxygen atoms in total. The van der Waals surface area contributed by atoms with E-state index in [0.29, 0.717) is 26.0 Å². The fraction of sp³-hybridized carbons (Fsp3) is 0.800. The zero-order valence-corrected chi connectivity index (χ0v) is 8.65. The van der Waals surface area contributed by atoms with E-state index in [0.717, 1.165) is 13.0 Å².